The second kappa shape index (κ2) is 8.28. The third-order valence-corrected chi connectivity index (χ3v) is 7.26. The average Bonchev–Trinajstić information content (AvgIpc) is 2.87. The van der Waals surface area contributed by atoms with Crippen molar-refractivity contribution in [3.8, 4) is 6.07 Å². The zero-order chi connectivity index (χ0) is 23.2. The molecule has 1 aliphatic carbocycles. The van der Waals surface area contributed by atoms with Gasteiger partial charge in [-0.1, -0.05) is 48.5 Å². The molecule has 3 aliphatic rings. The lowest BCUT2D eigenvalue weighted by atomic mass is 9.73. The fourth-order valence-electron chi connectivity index (χ4n) is 5.79. The minimum atomic E-state index is -0.485. The van der Waals surface area contributed by atoms with Crippen LogP contribution >= 0.6 is 0 Å². The molecule has 1 unspecified atom stereocenters. The van der Waals surface area contributed by atoms with E-state index in [2.05, 4.69) is 41.4 Å². The second-order valence-electron chi connectivity index (χ2n) is 9.09. The van der Waals surface area contributed by atoms with Crippen LogP contribution in [0, 0.1) is 11.3 Å². The minimum absolute atomic E-state index is 0.113. The van der Waals surface area contributed by atoms with E-state index in [0.717, 1.165) is 51.2 Å². The molecule has 6 rings (SSSR count). The SMILES string of the molecule is N#CC1=C(N)N(N2CCOCC2)C2=C(C(=O)CCC2)C1c1c2ccccc2cc2ccccc12. The minimum Gasteiger partial charge on any atom is -0.383 e. The molecule has 170 valence electrons. The molecule has 1 saturated heterocycles. The van der Waals surface area contributed by atoms with Gasteiger partial charge in [0.2, 0.25) is 0 Å². The van der Waals surface area contributed by atoms with E-state index in [4.69, 9.17) is 10.5 Å². The predicted molar refractivity (Wildman–Crippen MR) is 131 cm³/mol. The molecule has 6 heteroatoms. The average molecular weight is 451 g/mol. The van der Waals surface area contributed by atoms with Crippen LogP contribution in [0.5, 0.6) is 0 Å². The maximum atomic E-state index is 13.6. The number of hydrogen-bond donors (Lipinski definition) is 1. The number of nitrogens with two attached hydrogens (primary N) is 1. The molecule has 0 spiro atoms. The Morgan fingerprint density at radius 2 is 1.62 bits per heavy atom. The molecule has 0 amide bonds. The number of nitrogens with zero attached hydrogens (tertiary/aromatic N) is 3. The van der Waals surface area contributed by atoms with Crippen LogP contribution in [0.1, 0.15) is 30.7 Å². The molecule has 6 nitrogen and oxygen atoms in total. The maximum Gasteiger partial charge on any atom is 0.161 e. The monoisotopic (exact) mass is 450 g/mol. The molecule has 3 aromatic carbocycles. The number of nitriles is 1. The van der Waals surface area contributed by atoms with Crippen LogP contribution in [0.2, 0.25) is 0 Å². The van der Waals surface area contributed by atoms with E-state index >= 15 is 0 Å². The zero-order valence-electron chi connectivity index (χ0n) is 19.0. The van der Waals surface area contributed by atoms with Crippen molar-refractivity contribution in [2.75, 3.05) is 26.3 Å². The van der Waals surface area contributed by atoms with Gasteiger partial charge in [-0.05, 0) is 46.0 Å². The molecular formula is C28H26N4O2. The Morgan fingerprint density at radius 1 is 0.971 bits per heavy atom. The number of hydrogen-bond acceptors (Lipinski definition) is 6. The number of Topliss-reactive ketones (excluding diaryl/α,β-unsaturated/α-hetero) is 1. The first-order chi connectivity index (χ1) is 16.7. The number of ether oxygens (including phenoxy) is 1. The fraction of sp³-hybridized carbons (Fsp3) is 0.286. The van der Waals surface area contributed by atoms with E-state index in [1.807, 2.05) is 29.3 Å². The van der Waals surface area contributed by atoms with Crippen LogP contribution in [-0.4, -0.2) is 42.1 Å². The molecule has 0 radical (unpaired) electrons. The van der Waals surface area contributed by atoms with Gasteiger partial charge in [-0.3, -0.25) is 9.80 Å². The van der Waals surface area contributed by atoms with E-state index in [1.54, 1.807) is 0 Å². The van der Waals surface area contributed by atoms with Crippen LogP contribution in [0.3, 0.4) is 0 Å². The van der Waals surface area contributed by atoms with Crippen molar-refractivity contribution in [3.05, 3.63) is 82.8 Å². The summed E-state index contributed by atoms with van der Waals surface area (Å²) in [6.07, 6.45) is 2.04. The smallest absolute Gasteiger partial charge is 0.161 e. The highest BCUT2D eigenvalue weighted by molar-refractivity contribution is 6.07. The van der Waals surface area contributed by atoms with Crippen molar-refractivity contribution in [2.45, 2.75) is 25.2 Å². The molecule has 2 N–H and O–H groups in total. The van der Waals surface area contributed by atoms with Crippen molar-refractivity contribution in [1.82, 2.24) is 10.0 Å². The quantitative estimate of drug-likeness (QED) is 0.585. The first-order valence-corrected chi connectivity index (χ1v) is 11.9. The van der Waals surface area contributed by atoms with Crippen molar-refractivity contribution < 1.29 is 9.53 Å². The molecule has 0 aromatic heterocycles. The number of morpholine rings is 1. The lowest BCUT2D eigenvalue weighted by molar-refractivity contribution is -0.117. The van der Waals surface area contributed by atoms with Gasteiger partial charge in [0.25, 0.3) is 0 Å². The van der Waals surface area contributed by atoms with Crippen molar-refractivity contribution >= 4 is 27.3 Å². The van der Waals surface area contributed by atoms with E-state index in [9.17, 15) is 10.1 Å². The largest absolute Gasteiger partial charge is 0.383 e. The Bertz CT molecular complexity index is 1370. The zero-order valence-corrected chi connectivity index (χ0v) is 19.0. The number of allylic oxidation sites excluding steroid dienone is 3. The third kappa shape index (κ3) is 3.12. The topological polar surface area (TPSA) is 82.6 Å². The normalized spacial score (nSPS) is 21.8. The Labute approximate surface area is 198 Å². The van der Waals surface area contributed by atoms with E-state index < -0.39 is 5.92 Å². The third-order valence-electron chi connectivity index (χ3n) is 7.26. The predicted octanol–water partition coefficient (Wildman–Crippen LogP) is 4.34. The molecule has 2 heterocycles. The number of carbonyl (C=O) groups is 1. The summed E-state index contributed by atoms with van der Waals surface area (Å²) in [5.74, 6) is 0.0581. The summed E-state index contributed by atoms with van der Waals surface area (Å²) in [6.45, 7) is 2.54. The number of rotatable bonds is 2. The van der Waals surface area contributed by atoms with Crippen LogP contribution in [0.4, 0.5) is 0 Å². The van der Waals surface area contributed by atoms with Crippen LogP contribution < -0.4 is 5.73 Å². The van der Waals surface area contributed by atoms with Gasteiger partial charge in [0, 0.05) is 30.8 Å². The van der Waals surface area contributed by atoms with Crippen molar-refractivity contribution in [1.29, 1.82) is 5.26 Å². The summed E-state index contributed by atoms with van der Waals surface area (Å²) in [5, 5.41) is 18.8. The van der Waals surface area contributed by atoms with E-state index in [-0.39, 0.29) is 5.78 Å². The molecule has 1 fully saturated rings. The Kier molecular flexibility index (Phi) is 5.09. The van der Waals surface area contributed by atoms with Crippen LogP contribution in [0.25, 0.3) is 21.5 Å². The number of hydrazine groups is 1. The standard InChI is InChI=1S/C28H26N4O2/c29-17-22-26(25-20-8-3-1-6-18(20)16-19-7-2-4-9-21(19)25)27-23(10-5-11-24(27)33)32(28(22)30)31-12-14-34-15-13-31/h1-4,6-9,16,26H,5,10-15,30H2. The number of fused-ring (bicyclic) bond motifs is 2. The molecule has 34 heavy (non-hydrogen) atoms. The van der Waals surface area contributed by atoms with Gasteiger partial charge >= 0.3 is 0 Å². The number of carbonyl (C=O) groups excluding carboxylic acids is 1. The Morgan fingerprint density at radius 3 is 2.26 bits per heavy atom. The first kappa shape index (κ1) is 20.9. The highest BCUT2D eigenvalue weighted by Crippen LogP contribution is 2.48. The van der Waals surface area contributed by atoms with Gasteiger partial charge in [-0.25, -0.2) is 5.01 Å². The van der Waals surface area contributed by atoms with Crippen molar-refractivity contribution in [2.24, 2.45) is 5.73 Å². The van der Waals surface area contributed by atoms with E-state index in [0.29, 0.717) is 44.1 Å². The summed E-state index contributed by atoms with van der Waals surface area (Å²) in [6, 6.07) is 21.0. The van der Waals surface area contributed by atoms with Crippen LogP contribution in [-0.2, 0) is 9.53 Å². The molecule has 0 saturated carbocycles. The van der Waals surface area contributed by atoms with Gasteiger partial charge in [-0.15, -0.1) is 0 Å². The van der Waals surface area contributed by atoms with Crippen LogP contribution in [0.15, 0.2) is 77.3 Å². The maximum absolute atomic E-state index is 13.6. The van der Waals surface area contributed by atoms with Gasteiger partial charge in [0.15, 0.2) is 5.78 Å². The molecule has 2 aliphatic heterocycles. The summed E-state index contributed by atoms with van der Waals surface area (Å²) in [4.78, 5) is 13.6. The molecule has 3 aromatic rings. The fourth-order valence-corrected chi connectivity index (χ4v) is 5.79. The summed E-state index contributed by atoms with van der Waals surface area (Å²) in [7, 11) is 0. The summed E-state index contributed by atoms with van der Waals surface area (Å²) >= 11 is 0. The molecule has 0 bridgehead atoms. The summed E-state index contributed by atoms with van der Waals surface area (Å²) < 4.78 is 5.55. The number of benzene rings is 3. The van der Waals surface area contributed by atoms with Gasteiger partial charge in [-0.2, -0.15) is 5.26 Å². The first-order valence-electron chi connectivity index (χ1n) is 11.9. The van der Waals surface area contributed by atoms with Gasteiger partial charge < -0.3 is 10.5 Å². The van der Waals surface area contributed by atoms with E-state index in [1.165, 1.54) is 0 Å². The number of ketones is 1. The molecule has 1 atom stereocenters. The lowest BCUT2D eigenvalue weighted by Gasteiger charge is -2.46. The van der Waals surface area contributed by atoms with Gasteiger partial charge in [0.1, 0.15) is 5.82 Å². The highest BCUT2D eigenvalue weighted by atomic mass is 16.5. The van der Waals surface area contributed by atoms with Crippen molar-refractivity contribution in [3.63, 3.8) is 0 Å². The molecular weight excluding hydrogens is 424 g/mol. The Balaban J connectivity index is 1.68. The Hall–Kier alpha value is -3.66. The van der Waals surface area contributed by atoms with Gasteiger partial charge in [0.05, 0.1) is 30.8 Å². The highest BCUT2D eigenvalue weighted by Gasteiger charge is 2.42. The summed E-state index contributed by atoms with van der Waals surface area (Å²) in [5.41, 5.74) is 9.90. The second-order valence-corrected chi connectivity index (χ2v) is 9.09. The lowest BCUT2D eigenvalue weighted by Crippen LogP contribution is -2.52.